The molecule has 10 nitrogen and oxygen atoms in total. The van der Waals surface area contributed by atoms with Crippen molar-refractivity contribution < 1.29 is 28.0 Å². The van der Waals surface area contributed by atoms with Gasteiger partial charge in [-0.05, 0) is 17.7 Å². The lowest BCUT2D eigenvalue weighted by atomic mass is 10.2. The zero-order valence-corrected chi connectivity index (χ0v) is 12.7. The number of carbonyl (C=O) groups excluding carboxylic acids is 2. The van der Waals surface area contributed by atoms with Crippen molar-refractivity contribution in [3.05, 3.63) is 29.8 Å². The van der Waals surface area contributed by atoms with E-state index in [1.165, 1.54) is 24.3 Å². The number of nitrogens with two attached hydrogens (primary N) is 2. The number of primary sulfonamides is 1. The van der Waals surface area contributed by atoms with Crippen LogP contribution in [0, 0.1) is 0 Å². The van der Waals surface area contributed by atoms with E-state index in [0.29, 0.717) is 5.56 Å². The van der Waals surface area contributed by atoms with Gasteiger partial charge in [0, 0.05) is 0 Å². The number of benzene rings is 1. The van der Waals surface area contributed by atoms with Crippen LogP contribution >= 0.6 is 0 Å². The van der Waals surface area contributed by atoms with Gasteiger partial charge in [0.05, 0.1) is 11.5 Å². The van der Waals surface area contributed by atoms with Gasteiger partial charge in [-0.3, -0.25) is 9.59 Å². The number of hydrogen-bond acceptors (Lipinski definition) is 7. The highest BCUT2D eigenvalue weighted by molar-refractivity contribution is 7.89. The molecule has 1 atom stereocenters. The Kier molecular flexibility index (Phi) is 6.63. The van der Waals surface area contributed by atoms with Crippen molar-refractivity contribution in [3.63, 3.8) is 0 Å². The number of rotatable bonds is 8. The number of oxime groups is 1. The van der Waals surface area contributed by atoms with E-state index in [0.717, 1.165) is 6.21 Å². The van der Waals surface area contributed by atoms with Gasteiger partial charge < -0.3 is 21.0 Å². The molecule has 0 saturated heterocycles. The first-order valence-corrected chi connectivity index (χ1v) is 7.76. The van der Waals surface area contributed by atoms with Crippen molar-refractivity contribution in [2.75, 3.05) is 6.61 Å². The van der Waals surface area contributed by atoms with E-state index in [4.69, 9.17) is 20.8 Å². The van der Waals surface area contributed by atoms with E-state index in [1.54, 1.807) is 0 Å². The largest absolute Gasteiger partial charge is 0.394 e. The molecule has 0 aromatic heterocycles. The Hall–Kier alpha value is -2.50. The maximum Gasteiger partial charge on any atom is 0.266 e. The van der Waals surface area contributed by atoms with E-state index < -0.39 is 34.5 Å². The lowest BCUT2D eigenvalue weighted by Gasteiger charge is -2.09. The molecule has 0 bridgehead atoms. The highest BCUT2D eigenvalue weighted by atomic mass is 32.2. The first kappa shape index (κ1) is 18.5. The number of sulfonamides is 1. The van der Waals surface area contributed by atoms with Crippen molar-refractivity contribution >= 4 is 28.1 Å². The second-order valence-corrected chi connectivity index (χ2v) is 5.90. The van der Waals surface area contributed by atoms with Crippen LogP contribution in [0.4, 0.5) is 0 Å². The molecule has 0 heterocycles. The fourth-order valence-electron chi connectivity index (χ4n) is 1.39. The fraction of sp³-hybridized carbons (Fsp3) is 0.250. The summed E-state index contributed by atoms with van der Waals surface area (Å²) in [5, 5.41) is 19.2. The molecule has 2 amide bonds. The third-order valence-corrected chi connectivity index (χ3v) is 3.50. The lowest BCUT2D eigenvalue weighted by Crippen LogP contribution is -2.47. The number of nitrogens with one attached hydrogen (secondary N) is 1. The first-order chi connectivity index (χ1) is 10.7. The summed E-state index contributed by atoms with van der Waals surface area (Å²) < 4.78 is 22.1. The molecule has 0 fully saturated rings. The second kappa shape index (κ2) is 8.22. The maximum absolute atomic E-state index is 11.3. The zero-order valence-electron chi connectivity index (χ0n) is 11.9. The van der Waals surface area contributed by atoms with Gasteiger partial charge in [-0.2, -0.15) is 0 Å². The molecule has 6 N–H and O–H groups in total. The lowest BCUT2D eigenvalue weighted by molar-refractivity contribution is -0.125. The molecule has 0 aliphatic rings. The summed E-state index contributed by atoms with van der Waals surface area (Å²) in [6.45, 7) is -0.653. The molecule has 0 spiro atoms. The quantitative estimate of drug-likeness (QED) is 0.307. The maximum atomic E-state index is 11.3. The minimum atomic E-state index is -3.76. The topological polar surface area (TPSA) is 174 Å². The van der Waals surface area contributed by atoms with Gasteiger partial charge in [-0.25, -0.2) is 13.6 Å². The highest BCUT2D eigenvalue weighted by Crippen LogP contribution is 2.09. The highest BCUT2D eigenvalue weighted by Gasteiger charge is 2.15. The van der Waals surface area contributed by atoms with Crippen molar-refractivity contribution in [3.8, 4) is 0 Å². The van der Waals surface area contributed by atoms with Crippen LogP contribution in [-0.2, 0) is 31.1 Å². The van der Waals surface area contributed by atoms with E-state index in [2.05, 4.69) is 10.5 Å². The normalized spacial score (nSPS) is 12.8. The van der Waals surface area contributed by atoms with Crippen molar-refractivity contribution in [1.29, 1.82) is 0 Å². The van der Waals surface area contributed by atoms with Gasteiger partial charge in [0.1, 0.15) is 18.9 Å². The molecule has 0 radical (unpaired) electrons. The van der Waals surface area contributed by atoms with Gasteiger partial charge in [0.25, 0.3) is 5.91 Å². The molecule has 0 unspecified atom stereocenters. The van der Waals surface area contributed by atoms with Crippen molar-refractivity contribution in [2.24, 2.45) is 16.0 Å². The van der Waals surface area contributed by atoms with Crippen LogP contribution in [0.15, 0.2) is 34.3 Å². The summed E-state index contributed by atoms with van der Waals surface area (Å²) in [4.78, 5) is 26.9. The molecule has 0 aliphatic heterocycles. The van der Waals surface area contributed by atoms with Gasteiger partial charge >= 0.3 is 0 Å². The molecular formula is C12H16N4O6S. The molecule has 1 aromatic carbocycles. The predicted molar refractivity (Wildman–Crippen MR) is 79.3 cm³/mol. The second-order valence-electron chi connectivity index (χ2n) is 4.34. The molecule has 126 valence electrons. The smallest absolute Gasteiger partial charge is 0.266 e. The third-order valence-electron chi connectivity index (χ3n) is 2.57. The molecule has 1 aromatic rings. The van der Waals surface area contributed by atoms with Crippen LogP contribution < -0.4 is 16.2 Å². The molecule has 1 rings (SSSR count). The van der Waals surface area contributed by atoms with E-state index >= 15 is 0 Å². The van der Waals surface area contributed by atoms with Crippen molar-refractivity contribution in [2.45, 2.75) is 17.5 Å². The minimum Gasteiger partial charge on any atom is -0.394 e. The van der Waals surface area contributed by atoms with E-state index in [-0.39, 0.29) is 11.5 Å². The summed E-state index contributed by atoms with van der Waals surface area (Å²) in [5.41, 5.74) is 5.53. The molecular weight excluding hydrogens is 328 g/mol. The summed E-state index contributed by atoms with van der Waals surface area (Å²) in [6.07, 6.45) is 0.768. The van der Waals surface area contributed by atoms with Crippen LogP contribution in [0.1, 0.15) is 5.56 Å². The average molecular weight is 344 g/mol. The summed E-state index contributed by atoms with van der Waals surface area (Å²) in [5.74, 6) is -1.66. The van der Waals surface area contributed by atoms with Crippen LogP contribution in [0.25, 0.3) is 0 Å². The molecule has 0 aliphatic carbocycles. The number of nitrogens with zero attached hydrogens (tertiary/aromatic N) is 1. The van der Waals surface area contributed by atoms with Gasteiger partial charge in [-0.1, -0.05) is 17.3 Å². The first-order valence-electron chi connectivity index (χ1n) is 6.21. The van der Waals surface area contributed by atoms with E-state index in [9.17, 15) is 18.0 Å². The number of hydrogen-bond donors (Lipinski definition) is 4. The van der Waals surface area contributed by atoms with Gasteiger partial charge in [-0.15, -0.1) is 0 Å². The fourth-order valence-corrected chi connectivity index (χ4v) is 1.90. The predicted octanol–water partition coefficient (Wildman–Crippen LogP) is -2.20. The van der Waals surface area contributed by atoms with Crippen LogP contribution in [0.5, 0.6) is 0 Å². The Balaban J connectivity index is 2.47. The number of amides is 2. The number of carbonyl (C=O) groups is 2. The van der Waals surface area contributed by atoms with E-state index in [1.807, 2.05) is 0 Å². The summed E-state index contributed by atoms with van der Waals surface area (Å²) >= 11 is 0. The third kappa shape index (κ3) is 6.42. The Morgan fingerprint density at radius 2 is 1.96 bits per heavy atom. The van der Waals surface area contributed by atoms with Gasteiger partial charge in [0.2, 0.25) is 15.9 Å². The Morgan fingerprint density at radius 3 is 2.43 bits per heavy atom. The van der Waals surface area contributed by atoms with Gasteiger partial charge in [0.15, 0.2) is 0 Å². The summed E-state index contributed by atoms with van der Waals surface area (Å²) in [7, 11) is -3.76. The van der Waals surface area contributed by atoms with Crippen LogP contribution in [-0.4, -0.2) is 44.2 Å². The molecule has 23 heavy (non-hydrogen) atoms. The Morgan fingerprint density at radius 1 is 1.35 bits per heavy atom. The standard InChI is InChI=1S/C12H16N4O6S/c13-12(19)10(6-17)16-11(18)5-15-22-7-8-1-3-9(4-2-8)23(14,20)21/h1-5,10,17H,6-7H2,(H2,13,19)(H,16,18)(H2,14,20,21)/b15-5+/t10-/m1/s1. The average Bonchev–Trinajstić information content (AvgIpc) is 2.48. The zero-order chi connectivity index (χ0) is 17.5. The molecule has 0 saturated carbocycles. The molecule has 11 heteroatoms. The Labute approximate surface area is 132 Å². The SMILES string of the molecule is NC(=O)[C@@H](CO)NC(=O)/C=N/OCc1ccc(S(N)(=O)=O)cc1. The summed E-state index contributed by atoms with van der Waals surface area (Å²) in [6, 6.07) is 4.36. The van der Waals surface area contributed by atoms with Crippen molar-refractivity contribution in [1.82, 2.24) is 5.32 Å². The number of primary amides is 1. The minimum absolute atomic E-state index is 0.0199. The van der Waals surface area contributed by atoms with Crippen LogP contribution in [0.3, 0.4) is 0 Å². The number of aliphatic hydroxyl groups is 1. The number of aliphatic hydroxyl groups excluding tert-OH is 1. The van der Waals surface area contributed by atoms with Crippen LogP contribution in [0.2, 0.25) is 0 Å². The monoisotopic (exact) mass is 344 g/mol. The Bertz CT molecular complexity index is 686.